The molecule has 0 unspecified atom stereocenters. The van der Waals surface area contributed by atoms with Gasteiger partial charge >= 0.3 is 0 Å². The van der Waals surface area contributed by atoms with Crippen molar-refractivity contribution < 1.29 is 9.36 Å². The molecule has 0 atom stereocenters. The number of nitrogens with one attached hydrogen (secondary N) is 1. The minimum Gasteiger partial charge on any atom is -0.359 e. The molecule has 7 heteroatoms. The number of halogens is 1. The molecule has 2 aromatic rings. The highest BCUT2D eigenvalue weighted by Gasteiger charge is 2.21. The molecule has 0 radical (unpaired) electrons. The molecule has 1 aliphatic rings. The molecule has 1 aromatic carbocycles. The Morgan fingerprint density at radius 1 is 1.24 bits per heavy atom. The average molecular weight is 456 g/mol. The topological polar surface area (TPSA) is 62.9 Å². The van der Waals surface area contributed by atoms with Gasteiger partial charge in [0, 0.05) is 11.5 Å². The fraction of sp³-hybridized carbons (Fsp3) is 0.444. The van der Waals surface area contributed by atoms with Gasteiger partial charge in [0.15, 0.2) is 5.76 Å². The fourth-order valence-electron chi connectivity index (χ4n) is 2.34. The minimum atomic E-state index is -0.0164. The maximum Gasteiger partial charge on any atom is 0.218 e. The lowest BCUT2D eigenvalue weighted by Gasteiger charge is -2.20. The maximum atomic E-state index is 5.84. The van der Waals surface area contributed by atoms with E-state index >= 15 is 0 Å². The highest BCUT2D eigenvalue weighted by atomic mass is 127. The van der Waals surface area contributed by atoms with Crippen LogP contribution in [0.3, 0.4) is 0 Å². The maximum absolute atomic E-state index is 5.84. The lowest BCUT2D eigenvalue weighted by atomic mass is 9.92. The van der Waals surface area contributed by atoms with Gasteiger partial charge in [-0.25, -0.2) is 10.1 Å². The first-order chi connectivity index (χ1) is 11.5. The summed E-state index contributed by atoms with van der Waals surface area (Å²) < 4.78 is 5.39. The molecule has 2 heterocycles. The third-order valence-corrected chi connectivity index (χ3v) is 3.78. The first kappa shape index (κ1) is 19.7. The molecule has 136 valence electrons. The standard InChI is InChI=1S/C18H24N4O2.HI/c1-18(2,3)16-11-15(24-21-16)12-20-17-19-9-10-22(17)23-13-14-7-5-4-6-8-14;/h4-8,11H,9-10,12-13H2,1-3H3,(H,19,20);1H. The predicted octanol–water partition coefficient (Wildman–Crippen LogP) is 3.48. The molecule has 0 fully saturated rings. The van der Waals surface area contributed by atoms with Crippen LogP contribution in [0.2, 0.25) is 0 Å². The Balaban J connectivity index is 0.00000225. The van der Waals surface area contributed by atoms with E-state index in [4.69, 9.17) is 9.36 Å². The van der Waals surface area contributed by atoms with Crippen LogP contribution in [0.4, 0.5) is 0 Å². The van der Waals surface area contributed by atoms with E-state index < -0.39 is 0 Å². The van der Waals surface area contributed by atoms with Crippen LogP contribution >= 0.6 is 24.0 Å². The van der Waals surface area contributed by atoms with E-state index in [1.165, 1.54) is 0 Å². The lowest BCUT2D eigenvalue weighted by molar-refractivity contribution is -0.106. The molecule has 3 rings (SSSR count). The summed E-state index contributed by atoms with van der Waals surface area (Å²) in [5, 5.41) is 9.19. The van der Waals surface area contributed by atoms with Gasteiger partial charge in [-0.1, -0.05) is 56.3 Å². The molecule has 1 N–H and O–H groups in total. The van der Waals surface area contributed by atoms with Crippen molar-refractivity contribution in [1.82, 2.24) is 15.5 Å². The summed E-state index contributed by atoms with van der Waals surface area (Å²) in [6.07, 6.45) is 0. The molecule has 6 nitrogen and oxygen atoms in total. The van der Waals surface area contributed by atoms with Gasteiger partial charge in [0.1, 0.15) is 6.61 Å². The number of hydrogen-bond acceptors (Lipinski definition) is 6. The molecular weight excluding hydrogens is 431 g/mol. The van der Waals surface area contributed by atoms with Crippen LogP contribution in [0, 0.1) is 0 Å². The Morgan fingerprint density at radius 3 is 2.68 bits per heavy atom. The average Bonchev–Trinajstić information content (AvgIpc) is 3.20. The first-order valence-electron chi connectivity index (χ1n) is 8.21. The molecule has 0 saturated carbocycles. The van der Waals surface area contributed by atoms with Crippen molar-refractivity contribution in [3.05, 3.63) is 53.4 Å². The van der Waals surface area contributed by atoms with Gasteiger partial charge < -0.3 is 9.84 Å². The molecule has 0 saturated heterocycles. The highest BCUT2D eigenvalue weighted by molar-refractivity contribution is 14.0. The Hall–Kier alpha value is -1.61. The largest absolute Gasteiger partial charge is 0.359 e. The van der Waals surface area contributed by atoms with E-state index in [-0.39, 0.29) is 29.4 Å². The van der Waals surface area contributed by atoms with E-state index in [2.05, 4.69) is 36.2 Å². The molecule has 0 amide bonds. The summed E-state index contributed by atoms with van der Waals surface area (Å²) in [5.74, 6) is 1.53. The van der Waals surface area contributed by atoms with E-state index in [1.807, 2.05) is 36.4 Å². The van der Waals surface area contributed by atoms with Crippen LogP contribution in [0.15, 0.2) is 45.9 Å². The number of hydrogen-bond donors (Lipinski definition) is 1. The molecular formula is C18H25IN4O2. The minimum absolute atomic E-state index is 0. The second-order valence-corrected chi connectivity index (χ2v) is 6.85. The predicted molar refractivity (Wildman–Crippen MR) is 108 cm³/mol. The molecule has 25 heavy (non-hydrogen) atoms. The molecule has 0 bridgehead atoms. The summed E-state index contributed by atoms with van der Waals surface area (Å²) in [4.78, 5) is 10.3. The SMILES string of the molecule is CC(C)(C)c1cc(CNC2=NCCN2OCc2ccccc2)on1.I. The number of aliphatic imine (C=N–C) groups is 1. The molecule has 1 aliphatic heterocycles. The second kappa shape index (κ2) is 8.66. The number of guanidine groups is 1. The van der Waals surface area contributed by atoms with E-state index in [1.54, 1.807) is 5.06 Å². The summed E-state index contributed by atoms with van der Waals surface area (Å²) in [6, 6.07) is 12.1. The quantitative estimate of drug-likeness (QED) is 0.699. The van der Waals surface area contributed by atoms with Crippen LogP contribution in [0.5, 0.6) is 0 Å². The van der Waals surface area contributed by atoms with Crippen LogP contribution in [-0.2, 0) is 23.4 Å². The summed E-state index contributed by atoms with van der Waals surface area (Å²) in [6.45, 7) is 8.87. The Morgan fingerprint density at radius 2 is 2.00 bits per heavy atom. The third kappa shape index (κ3) is 5.43. The van der Waals surface area contributed by atoms with E-state index in [0.29, 0.717) is 13.2 Å². The Kier molecular flexibility index (Phi) is 6.83. The second-order valence-electron chi connectivity index (χ2n) is 6.85. The van der Waals surface area contributed by atoms with Gasteiger partial charge in [0.05, 0.1) is 25.3 Å². The van der Waals surface area contributed by atoms with Crippen molar-refractivity contribution in [1.29, 1.82) is 0 Å². The van der Waals surface area contributed by atoms with Crippen molar-refractivity contribution in [2.45, 2.75) is 39.3 Å². The van der Waals surface area contributed by atoms with Gasteiger partial charge in [-0.05, 0) is 5.56 Å². The zero-order chi connectivity index (χ0) is 17.0. The molecule has 0 spiro atoms. The number of rotatable bonds is 5. The van der Waals surface area contributed by atoms with Gasteiger partial charge in [-0.15, -0.1) is 24.0 Å². The normalized spacial score (nSPS) is 14.2. The van der Waals surface area contributed by atoms with Crippen LogP contribution in [-0.4, -0.2) is 29.3 Å². The van der Waals surface area contributed by atoms with Gasteiger partial charge in [-0.3, -0.25) is 4.84 Å². The van der Waals surface area contributed by atoms with Crippen molar-refractivity contribution in [2.24, 2.45) is 4.99 Å². The summed E-state index contributed by atoms with van der Waals surface area (Å²) in [5.41, 5.74) is 2.07. The number of hydroxylamine groups is 2. The van der Waals surface area contributed by atoms with Crippen LogP contribution in [0.1, 0.15) is 37.8 Å². The van der Waals surface area contributed by atoms with Crippen LogP contribution < -0.4 is 5.32 Å². The van der Waals surface area contributed by atoms with Crippen molar-refractivity contribution in [2.75, 3.05) is 13.1 Å². The number of aromatic nitrogens is 1. The third-order valence-electron chi connectivity index (χ3n) is 3.78. The molecule has 0 aliphatic carbocycles. The highest BCUT2D eigenvalue weighted by Crippen LogP contribution is 2.21. The van der Waals surface area contributed by atoms with Gasteiger partial charge in [-0.2, -0.15) is 0 Å². The zero-order valence-corrected chi connectivity index (χ0v) is 17.2. The van der Waals surface area contributed by atoms with Crippen molar-refractivity contribution in [3.63, 3.8) is 0 Å². The van der Waals surface area contributed by atoms with Crippen molar-refractivity contribution >= 4 is 29.9 Å². The number of benzene rings is 1. The van der Waals surface area contributed by atoms with Crippen LogP contribution in [0.25, 0.3) is 0 Å². The Labute approximate surface area is 165 Å². The summed E-state index contributed by atoms with van der Waals surface area (Å²) >= 11 is 0. The van der Waals surface area contributed by atoms with Crippen molar-refractivity contribution in [3.8, 4) is 0 Å². The smallest absolute Gasteiger partial charge is 0.218 e. The van der Waals surface area contributed by atoms with E-state index in [9.17, 15) is 0 Å². The van der Waals surface area contributed by atoms with E-state index in [0.717, 1.165) is 36.1 Å². The summed E-state index contributed by atoms with van der Waals surface area (Å²) in [7, 11) is 0. The first-order valence-corrected chi connectivity index (χ1v) is 8.21. The Bertz CT molecular complexity index is 695. The fourth-order valence-corrected chi connectivity index (χ4v) is 2.34. The molecule has 1 aromatic heterocycles. The van der Waals surface area contributed by atoms with Gasteiger partial charge in [0.25, 0.3) is 0 Å². The van der Waals surface area contributed by atoms with Gasteiger partial charge in [0.2, 0.25) is 5.96 Å². The monoisotopic (exact) mass is 456 g/mol. The number of nitrogens with zero attached hydrogens (tertiary/aromatic N) is 3. The zero-order valence-electron chi connectivity index (χ0n) is 14.9. The lowest BCUT2D eigenvalue weighted by Crippen LogP contribution is -2.37.